The standard InChI is InChI=1S/C49H34N4.C43H30N4.C37H26N4/c1-49(2)44-27-25-39(30-42(44)43-31-41(50-3)26-28-45(43)49)38-15-10-16-40(29-38)48-52-46(36-13-8-5-9-14-36)51-47(53-48)37-23-21-35(22-24-37)34-19-17-33(18-20-34)32-11-6-4-7-12-32;1-43(2)37-25-24-34(44-3)27-36(37)39-35(18-11-19-38(39)43)32-16-10-17-33(26-32)42-46-40(30-14-8-5-9-15-30)45-41(47-42)31-22-20-29(21-23-31)28-12-6-4-7-13-28;1-37(2)32-19-17-27(22-30(32)31-23-29(38-3)18-20-33(31)37)26-15-10-16-28(21-26)36-40-34(24-11-6-4-7-12-24)39-35(41-36)25-13-8-5-9-14-25/h4-31H,1-2H3;4-27H,1-2H3;4-23H,1-2H3. The van der Waals surface area contributed by atoms with Crippen molar-refractivity contribution in [3.05, 3.63) is 504 Å². The molecule has 0 unspecified atom stereocenters. The lowest BCUT2D eigenvalue weighted by Crippen LogP contribution is -2.14. The summed E-state index contributed by atoms with van der Waals surface area (Å²) in [6.45, 7) is 36.3. The van der Waals surface area contributed by atoms with E-state index in [1.54, 1.807) is 0 Å². The van der Waals surface area contributed by atoms with Crippen LogP contribution in [0.3, 0.4) is 0 Å². The highest BCUT2D eigenvalue weighted by atomic mass is 15.1. The number of aromatic nitrogens is 9. The third-order valence-electron chi connectivity index (χ3n) is 27.5. The molecule has 3 heterocycles. The molecule has 666 valence electrons. The zero-order chi connectivity index (χ0) is 95.9. The summed E-state index contributed by atoms with van der Waals surface area (Å²) < 4.78 is 0. The van der Waals surface area contributed by atoms with E-state index >= 15 is 0 Å². The molecule has 0 bridgehead atoms. The van der Waals surface area contributed by atoms with Crippen molar-refractivity contribution in [2.45, 2.75) is 57.8 Å². The number of hydrogen-bond donors (Lipinski definition) is 0. The van der Waals surface area contributed by atoms with Gasteiger partial charge in [0.25, 0.3) is 0 Å². The Labute approximate surface area is 821 Å². The Morgan fingerprint density at radius 1 is 0.149 bits per heavy atom. The van der Waals surface area contributed by atoms with E-state index in [9.17, 15) is 0 Å². The molecule has 3 aliphatic carbocycles. The third-order valence-corrected chi connectivity index (χ3v) is 27.5. The van der Waals surface area contributed by atoms with Gasteiger partial charge in [-0.2, -0.15) is 0 Å². The summed E-state index contributed by atoms with van der Waals surface area (Å²) in [6.07, 6.45) is 0. The molecule has 141 heavy (non-hydrogen) atoms. The molecule has 12 nitrogen and oxygen atoms in total. The highest BCUT2D eigenvalue weighted by molar-refractivity contribution is 5.96. The Morgan fingerprint density at radius 2 is 0.348 bits per heavy atom. The van der Waals surface area contributed by atoms with Crippen LogP contribution >= 0.6 is 0 Å². The molecule has 3 aliphatic rings. The van der Waals surface area contributed by atoms with Crippen molar-refractivity contribution in [3.8, 4) is 203 Å². The normalized spacial score (nSPS) is 12.6. The molecule has 0 saturated heterocycles. The van der Waals surface area contributed by atoms with Crippen molar-refractivity contribution in [3.63, 3.8) is 0 Å². The quantitative estimate of drug-likeness (QED) is 0.0921. The van der Waals surface area contributed by atoms with Gasteiger partial charge in [-0.25, -0.2) is 59.4 Å². The Hall–Kier alpha value is -18.5. The largest absolute Gasteiger partial charge is 0.238 e. The van der Waals surface area contributed by atoms with Crippen LogP contribution in [0.4, 0.5) is 17.1 Å². The Bertz CT molecular complexity index is 8480. The van der Waals surface area contributed by atoms with Crippen molar-refractivity contribution in [2.24, 2.45) is 0 Å². The number of benzene rings is 18. The second-order valence-electron chi connectivity index (χ2n) is 37.2. The topological polar surface area (TPSA) is 129 Å². The predicted octanol–water partition coefficient (Wildman–Crippen LogP) is 33.2. The van der Waals surface area contributed by atoms with E-state index in [4.69, 9.17) is 64.6 Å². The zero-order valence-corrected chi connectivity index (χ0v) is 78.4. The Kier molecular flexibility index (Phi) is 23.0. The summed E-state index contributed by atoms with van der Waals surface area (Å²) in [4.78, 5) is 55.8. The maximum Gasteiger partial charge on any atom is 0.187 e. The van der Waals surface area contributed by atoms with Crippen molar-refractivity contribution >= 4 is 17.1 Å². The smallest absolute Gasteiger partial charge is 0.187 e. The number of fused-ring (bicyclic) bond motifs is 9. The molecule has 0 fully saturated rings. The minimum atomic E-state index is -0.164. The van der Waals surface area contributed by atoms with Crippen molar-refractivity contribution in [2.75, 3.05) is 0 Å². The third kappa shape index (κ3) is 17.1. The fourth-order valence-corrected chi connectivity index (χ4v) is 20.0. The van der Waals surface area contributed by atoms with E-state index in [1.807, 2.05) is 170 Å². The van der Waals surface area contributed by atoms with Crippen LogP contribution < -0.4 is 0 Å². The molecule has 0 radical (unpaired) electrons. The van der Waals surface area contributed by atoms with Gasteiger partial charge in [0.05, 0.1) is 19.7 Å². The van der Waals surface area contributed by atoms with Crippen LogP contribution in [0, 0.1) is 19.7 Å². The molecule has 3 aromatic heterocycles. The van der Waals surface area contributed by atoms with Crippen molar-refractivity contribution < 1.29 is 0 Å². The highest BCUT2D eigenvalue weighted by Gasteiger charge is 2.40. The number of rotatable bonds is 15. The molecular formula is C129H90N12. The van der Waals surface area contributed by atoms with E-state index in [0.29, 0.717) is 69.5 Å². The van der Waals surface area contributed by atoms with Gasteiger partial charge in [-0.1, -0.05) is 430 Å². The van der Waals surface area contributed by atoms with Gasteiger partial charge >= 0.3 is 0 Å². The van der Waals surface area contributed by atoms with Gasteiger partial charge in [0.1, 0.15) is 0 Å². The summed E-state index contributed by atoms with van der Waals surface area (Å²) in [6, 6.07) is 150. The number of nitrogens with zero attached hydrogens (tertiary/aromatic N) is 12. The lowest BCUT2D eigenvalue weighted by molar-refractivity contribution is 0.660. The zero-order valence-electron chi connectivity index (χ0n) is 78.4. The Balaban J connectivity index is 0.000000122. The summed E-state index contributed by atoms with van der Waals surface area (Å²) in [5.74, 6) is 5.67. The second kappa shape index (κ2) is 36.9. The second-order valence-corrected chi connectivity index (χ2v) is 37.2. The van der Waals surface area contributed by atoms with Gasteiger partial charge < -0.3 is 0 Å². The van der Waals surface area contributed by atoms with Gasteiger partial charge in [-0.15, -0.1) is 0 Å². The van der Waals surface area contributed by atoms with E-state index in [-0.39, 0.29) is 16.2 Å². The lowest BCUT2D eigenvalue weighted by Gasteiger charge is -2.21. The van der Waals surface area contributed by atoms with E-state index in [1.165, 1.54) is 66.8 Å². The summed E-state index contributed by atoms with van der Waals surface area (Å²) in [5.41, 5.74) is 38.1. The van der Waals surface area contributed by atoms with Crippen LogP contribution in [0.15, 0.2) is 437 Å². The maximum absolute atomic E-state index is 7.65. The van der Waals surface area contributed by atoms with Gasteiger partial charge in [0, 0.05) is 66.3 Å². The van der Waals surface area contributed by atoms with E-state index < -0.39 is 0 Å². The van der Waals surface area contributed by atoms with Crippen LogP contribution in [0.1, 0.15) is 74.9 Å². The summed E-state index contributed by atoms with van der Waals surface area (Å²) in [5, 5.41) is 0. The molecular weight excluding hydrogens is 1720 g/mol. The van der Waals surface area contributed by atoms with Crippen LogP contribution in [0.2, 0.25) is 0 Å². The molecule has 0 saturated carbocycles. The average Bonchev–Trinajstić information content (AvgIpc) is 1.58. The molecule has 0 spiro atoms. The van der Waals surface area contributed by atoms with Gasteiger partial charge in [0.2, 0.25) is 0 Å². The highest BCUT2D eigenvalue weighted by Crippen LogP contribution is 2.56. The fraction of sp³-hybridized carbons (Fsp3) is 0.0698. The minimum absolute atomic E-state index is 0.113. The Morgan fingerprint density at radius 3 is 0.660 bits per heavy atom. The molecule has 0 N–H and O–H groups in total. The van der Waals surface area contributed by atoms with Crippen molar-refractivity contribution in [1.82, 2.24) is 44.9 Å². The van der Waals surface area contributed by atoms with Gasteiger partial charge in [-0.05, 0) is 182 Å². The van der Waals surface area contributed by atoms with Crippen molar-refractivity contribution in [1.29, 1.82) is 0 Å². The van der Waals surface area contributed by atoms with Crippen LogP contribution in [-0.2, 0) is 16.2 Å². The molecule has 0 amide bonds. The molecule has 12 heteroatoms. The molecule has 18 aromatic carbocycles. The molecule has 21 aromatic rings. The van der Waals surface area contributed by atoms with Gasteiger partial charge in [-0.3, -0.25) is 0 Å². The average molecular weight is 1810 g/mol. The summed E-state index contributed by atoms with van der Waals surface area (Å²) in [7, 11) is 0. The summed E-state index contributed by atoms with van der Waals surface area (Å²) >= 11 is 0. The van der Waals surface area contributed by atoms with E-state index in [0.717, 1.165) is 117 Å². The molecule has 0 aliphatic heterocycles. The van der Waals surface area contributed by atoms with Crippen LogP contribution in [0.5, 0.6) is 0 Å². The fourth-order valence-electron chi connectivity index (χ4n) is 20.0. The molecule has 0 atom stereocenters. The first-order chi connectivity index (χ1) is 68.9. The van der Waals surface area contributed by atoms with Crippen LogP contribution in [0.25, 0.3) is 217 Å². The van der Waals surface area contributed by atoms with E-state index in [2.05, 4.69) is 323 Å². The number of hydrogen-bond acceptors (Lipinski definition) is 9. The van der Waals surface area contributed by atoms with Crippen LogP contribution in [-0.4, -0.2) is 44.9 Å². The lowest BCUT2D eigenvalue weighted by atomic mass is 9.82. The monoisotopic (exact) mass is 1810 g/mol. The minimum Gasteiger partial charge on any atom is -0.238 e. The first kappa shape index (κ1) is 87.8. The molecule has 24 rings (SSSR count). The predicted molar refractivity (Wildman–Crippen MR) is 572 cm³/mol. The first-order valence-corrected chi connectivity index (χ1v) is 47.2. The maximum atomic E-state index is 7.65. The first-order valence-electron chi connectivity index (χ1n) is 47.2. The van der Waals surface area contributed by atoms with Gasteiger partial charge in [0.15, 0.2) is 69.5 Å². The SMILES string of the molecule is [C-]#[N+]c1ccc2c(c1)-c1c(-c3cccc(-c4nc(-c5ccccc5)nc(-c5ccc(-c6ccccc6)cc5)n4)c3)cccc1C2(C)C.[C-]#[N+]c1ccc2c(c1)-c1cc(-c3cccc(-c4nc(-c5ccccc5)nc(-c5ccc(-c6ccc(-c7ccccc7)cc6)cc5)n4)c3)ccc1C2(C)C.[C-]#[N+]c1ccc2c(c1)-c1cc(-c3cccc(-c4nc(-c5ccccc5)nc(-c5ccccc5)n4)c3)ccc1C2(C)C.